The van der Waals surface area contributed by atoms with Crippen LogP contribution in [0.1, 0.15) is 19.2 Å². The minimum Gasteiger partial charge on any atom is -0.327 e. The zero-order chi connectivity index (χ0) is 13.7. The number of rotatable bonds is 7. The summed E-state index contributed by atoms with van der Waals surface area (Å²) >= 11 is 0. The summed E-state index contributed by atoms with van der Waals surface area (Å²) in [6, 6.07) is 8.40. The highest BCUT2D eigenvalue weighted by molar-refractivity contribution is 5.75. The number of hydrogen-bond donors (Lipinski definition) is 1. The van der Waals surface area contributed by atoms with Crippen LogP contribution in [-0.2, 0) is 13.1 Å². The van der Waals surface area contributed by atoms with E-state index in [1.54, 1.807) is 0 Å². The second-order valence-corrected chi connectivity index (χ2v) is 5.01. The molecule has 0 aliphatic carbocycles. The van der Waals surface area contributed by atoms with Crippen LogP contribution in [0.25, 0.3) is 11.0 Å². The Bertz CT molecular complexity index is 518. The molecule has 0 fully saturated rings. The molecule has 1 heterocycles. The first-order valence-electron chi connectivity index (χ1n) is 7.03. The van der Waals surface area contributed by atoms with Gasteiger partial charge in [-0.2, -0.15) is 0 Å². The van der Waals surface area contributed by atoms with Gasteiger partial charge >= 0.3 is 0 Å². The number of benzene rings is 1. The standard InChI is InChI=1S/C15H24N4/c1-4-10-19-14-8-6-5-7-13(14)17-15(19)12-18(3)11-9-16-2/h5-8,16H,4,9-12H2,1-3H3. The first-order chi connectivity index (χ1) is 9.26. The van der Waals surface area contributed by atoms with E-state index in [1.165, 1.54) is 11.3 Å². The molecular weight excluding hydrogens is 236 g/mol. The van der Waals surface area contributed by atoms with Gasteiger partial charge in [0.2, 0.25) is 0 Å². The summed E-state index contributed by atoms with van der Waals surface area (Å²) in [7, 11) is 4.13. The van der Waals surface area contributed by atoms with Gasteiger partial charge < -0.3 is 9.88 Å². The van der Waals surface area contributed by atoms with Gasteiger partial charge in [-0.25, -0.2) is 4.98 Å². The number of aromatic nitrogens is 2. The number of likely N-dealkylation sites (N-methyl/N-ethyl adjacent to an activating group) is 2. The summed E-state index contributed by atoms with van der Waals surface area (Å²) in [4.78, 5) is 7.09. The molecule has 0 bridgehead atoms. The van der Waals surface area contributed by atoms with Gasteiger partial charge in [-0.05, 0) is 32.6 Å². The monoisotopic (exact) mass is 260 g/mol. The van der Waals surface area contributed by atoms with Crippen LogP contribution >= 0.6 is 0 Å². The number of para-hydroxylation sites is 2. The van der Waals surface area contributed by atoms with Crippen molar-refractivity contribution in [2.45, 2.75) is 26.4 Å². The van der Waals surface area contributed by atoms with E-state index in [0.717, 1.165) is 38.1 Å². The van der Waals surface area contributed by atoms with E-state index >= 15 is 0 Å². The highest BCUT2D eigenvalue weighted by Crippen LogP contribution is 2.17. The Labute approximate surface area is 115 Å². The van der Waals surface area contributed by atoms with Gasteiger partial charge in [0.1, 0.15) is 5.82 Å². The molecule has 0 unspecified atom stereocenters. The maximum atomic E-state index is 4.78. The normalized spacial score (nSPS) is 11.6. The third-order valence-corrected chi connectivity index (χ3v) is 3.34. The van der Waals surface area contributed by atoms with E-state index in [9.17, 15) is 0 Å². The average molecular weight is 260 g/mol. The van der Waals surface area contributed by atoms with Crippen LogP contribution in [-0.4, -0.2) is 41.6 Å². The molecule has 0 amide bonds. The van der Waals surface area contributed by atoms with Crippen molar-refractivity contribution in [3.05, 3.63) is 30.1 Å². The topological polar surface area (TPSA) is 33.1 Å². The Hall–Kier alpha value is -1.39. The third-order valence-electron chi connectivity index (χ3n) is 3.34. The summed E-state index contributed by atoms with van der Waals surface area (Å²) in [6.45, 7) is 6.19. The number of nitrogens with zero attached hydrogens (tertiary/aromatic N) is 3. The Morgan fingerprint density at radius 1 is 1.32 bits per heavy atom. The Morgan fingerprint density at radius 2 is 2.11 bits per heavy atom. The molecule has 4 heteroatoms. The van der Waals surface area contributed by atoms with E-state index in [4.69, 9.17) is 4.98 Å². The van der Waals surface area contributed by atoms with Crippen molar-refractivity contribution in [3.8, 4) is 0 Å². The van der Waals surface area contributed by atoms with Gasteiger partial charge in [-0.1, -0.05) is 19.1 Å². The maximum absolute atomic E-state index is 4.78. The molecule has 0 radical (unpaired) electrons. The number of fused-ring (bicyclic) bond motifs is 1. The highest BCUT2D eigenvalue weighted by Gasteiger charge is 2.11. The minimum absolute atomic E-state index is 0.899. The molecule has 2 rings (SSSR count). The third kappa shape index (κ3) is 3.33. The van der Waals surface area contributed by atoms with E-state index < -0.39 is 0 Å². The SMILES string of the molecule is CCCn1c(CN(C)CCNC)nc2ccccc21. The molecule has 0 saturated heterocycles. The van der Waals surface area contributed by atoms with Crippen molar-refractivity contribution in [1.29, 1.82) is 0 Å². The summed E-state index contributed by atoms with van der Waals surface area (Å²) in [5.74, 6) is 1.17. The van der Waals surface area contributed by atoms with E-state index in [0.29, 0.717) is 0 Å². The van der Waals surface area contributed by atoms with Crippen molar-refractivity contribution in [1.82, 2.24) is 19.8 Å². The molecule has 0 aliphatic rings. The lowest BCUT2D eigenvalue weighted by Crippen LogP contribution is -2.28. The van der Waals surface area contributed by atoms with Crippen molar-refractivity contribution in [2.75, 3.05) is 27.2 Å². The Morgan fingerprint density at radius 3 is 2.84 bits per heavy atom. The predicted octanol–water partition coefficient (Wildman–Crippen LogP) is 2.10. The Kier molecular flexibility index (Phi) is 4.93. The second kappa shape index (κ2) is 6.68. The van der Waals surface area contributed by atoms with Crippen molar-refractivity contribution in [2.24, 2.45) is 0 Å². The number of imidazole rings is 1. The van der Waals surface area contributed by atoms with Gasteiger partial charge in [-0.15, -0.1) is 0 Å². The van der Waals surface area contributed by atoms with Gasteiger partial charge in [-0.3, -0.25) is 4.90 Å². The fourth-order valence-corrected chi connectivity index (χ4v) is 2.34. The summed E-state index contributed by atoms with van der Waals surface area (Å²) < 4.78 is 2.35. The number of aryl methyl sites for hydroxylation is 1. The lowest BCUT2D eigenvalue weighted by Gasteiger charge is -2.17. The van der Waals surface area contributed by atoms with Crippen LogP contribution < -0.4 is 5.32 Å². The summed E-state index contributed by atoms with van der Waals surface area (Å²) in [6.07, 6.45) is 1.13. The van der Waals surface area contributed by atoms with Crippen LogP contribution in [0.4, 0.5) is 0 Å². The van der Waals surface area contributed by atoms with E-state index in [-0.39, 0.29) is 0 Å². The van der Waals surface area contributed by atoms with Gasteiger partial charge in [0, 0.05) is 19.6 Å². The number of hydrogen-bond acceptors (Lipinski definition) is 3. The largest absolute Gasteiger partial charge is 0.327 e. The van der Waals surface area contributed by atoms with Crippen molar-refractivity contribution >= 4 is 11.0 Å². The fraction of sp³-hybridized carbons (Fsp3) is 0.533. The van der Waals surface area contributed by atoms with Crippen LogP contribution in [0.2, 0.25) is 0 Å². The van der Waals surface area contributed by atoms with Crippen LogP contribution in [0.15, 0.2) is 24.3 Å². The minimum atomic E-state index is 0.899. The average Bonchev–Trinajstić information content (AvgIpc) is 2.75. The molecular formula is C15H24N4. The highest BCUT2D eigenvalue weighted by atomic mass is 15.2. The summed E-state index contributed by atoms with van der Waals surface area (Å²) in [5.41, 5.74) is 2.36. The molecule has 1 N–H and O–H groups in total. The molecule has 19 heavy (non-hydrogen) atoms. The first kappa shape index (κ1) is 14.0. The van der Waals surface area contributed by atoms with Crippen molar-refractivity contribution in [3.63, 3.8) is 0 Å². The zero-order valence-corrected chi connectivity index (χ0v) is 12.2. The molecule has 0 atom stereocenters. The number of nitrogens with one attached hydrogen (secondary N) is 1. The lowest BCUT2D eigenvalue weighted by molar-refractivity contribution is 0.314. The quantitative estimate of drug-likeness (QED) is 0.827. The van der Waals surface area contributed by atoms with Gasteiger partial charge in [0.05, 0.1) is 17.6 Å². The fourth-order valence-electron chi connectivity index (χ4n) is 2.34. The molecule has 0 aliphatic heterocycles. The molecule has 0 spiro atoms. The predicted molar refractivity (Wildman–Crippen MR) is 80.3 cm³/mol. The first-order valence-corrected chi connectivity index (χ1v) is 7.03. The molecule has 0 saturated carbocycles. The molecule has 1 aromatic carbocycles. The molecule has 4 nitrogen and oxygen atoms in total. The lowest BCUT2D eigenvalue weighted by atomic mass is 10.3. The zero-order valence-electron chi connectivity index (χ0n) is 12.2. The van der Waals surface area contributed by atoms with E-state index in [1.807, 2.05) is 7.05 Å². The molecule has 1 aromatic heterocycles. The van der Waals surface area contributed by atoms with Crippen LogP contribution in [0.5, 0.6) is 0 Å². The molecule has 104 valence electrons. The molecule has 2 aromatic rings. The Balaban J connectivity index is 2.23. The van der Waals surface area contributed by atoms with Crippen molar-refractivity contribution < 1.29 is 0 Å². The maximum Gasteiger partial charge on any atom is 0.124 e. The second-order valence-electron chi connectivity index (χ2n) is 5.01. The van der Waals surface area contributed by atoms with E-state index in [2.05, 4.69) is 53.0 Å². The van der Waals surface area contributed by atoms with Crippen LogP contribution in [0.3, 0.4) is 0 Å². The van der Waals surface area contributed by atoms with Gasteiger partial charge in [0.25, 0.3) is 0 Å². The smallest absolute Gasteiger partial charge is 0.124 e. The summed E-state index contributed by atoms with van der Waals surface area (Å²) in [5, 5.41) is 3.18. The van der Waals surface area contributed by atoms with Gasteiger partial charge in [0.15, 0.2) is 0 Å². The van der Waals surface area contributed by atoms with Crippen LogP contribution in [0, 0.1) is 0 Å².